The first kappa shape index (κ1) is 12.6. The largest absolute Gasteiger partial charge is 0.493 e. The Balaban J connectivity index is 3.19. The predicted octanol–water partition coefficient (Wildman–Crippen LogP) is 2.20. The molecule has 0 aromatic heterocycles. The van der Waals surface area contributed by atoms with Gasteiger partial charge in [0, 0.05) is 15.2 Å². The molecule has 0 aliphatic rings. The maximum absolute atomic E-state index is 5.81. The Hall–Kier alpha value is -0.490. The molecule has 1 atom stereocenters. The fourth-order valence-corrected chi connectivity index (χ4v) is 2.12. The molecule has 0 saturated carbocycles. The van der Waals surface area contributed by atoms with Crippen molar-refractivity contribution in [2.45, 2.75) is 19.4 Å². The van der Waals surface area contributed by atoms with Crippen LogP contribution in [0.25, 0.3) is 0 Å². The highest BCUT2D eigenvalue weighted by molar-refractivity contribution is 14.1. The van der Waals surface area contributed by atoms with Crippen LogP contribution in [0.15, 0.2) is 12.1 Å². The molecular formula is C11H16INO2. The van der Waals surface area contributed by atoms with Gasteiger partial charge in [0.2, 0.25) is 0 Å². The van der Waals surface area contributed by atoms with E-state index in [0.717, 1.165) is 27.1 Å². The second kappa shape index (κ2) is 5.55. The minimum absolute atomic E-state index is 0.111. The Kier molecular flexibility index (Phi) is 4.66. The smallest absolute Gasteiger partial charge is 0.165 e. The third kappa shape index (κ3) is 2.98. The molecule has 0 bridgehead atoms. The molecule has 1 aromatic rings. The molecular weight excluding hydrogens is 305 g/mol. The van der Waals surface area contributed by atoms with Gasteiger partial charge in [0.1, 0.15) is 0 Å². The summed E-state index contributed by atoms with van der Waals surface area (Å²) in [4.78, 5) is 0. The number of benzene rings is 1. The predicted molar refractivity (Wildman–Crippen MR) is 69.6 cm³/mol. The number of halogens is 1. The van der Waals surface area contributed by atoms with Crippen LogP contribution in [0.3, 0.4) is 0 Å². The van der Waals surface area contributed by atoms with Gasteiger partial charge < -0.3 is 15.2 Å². The number of methoxy groups -OCH3 is 2. The summed E-state index contributed by atoms with van der Waals surface area (Å²) >= 11 is 2.28. The van der Waals surface area contributed by atoms with Crippen molar-refractivity contribution < 1.29 is 9.47 Å². The van der Waals surface area contributed by atoms with E-state index in [1.807, 2.05) is 19.1 Å². The maximum atomic E-state index is 5.81. The molecule has 84 valence electrons. The molecule has 0 radical (unpaired) electrons. The average Bonchev–Trinajstić information content (AvgIpc) is 2.20. The minimum Gasteiger partial charge on any atom is -0.493 e. The zero-order valence-corrected chi connectivity index (χ0v) is 11.4. The Labute approximate surface area is 104 Å². The second-order valence-electron chi connectivity index (χ2n) is 3.44. The Morgan fingerprint density at radius 2 is 2.00 bits per heavy atom. The molecule has 0 fully saturated rings. The first-order chi connectivity index (χ1) is 7.10. The van der Waals surface area contributed by atoms with Crippen LogP contribution in [-0.2, 0) is 6.42 Å². The highest BCUT2D eigenvalue weighted by Gasteiger charge is 2.14. The molecule has 15 heavy (non-hydrogen) atoms. The summed E-state index contributed by atoms with van der Waals surface area (Å²) in [7, 11) is 3.29. The van der Waals surface area contributed by atoms with Gasteiger partial charge in [0.25, 0.3) is 0 Å². The van der Waals surface area contributed by atoms with E-state index in [0.29, 0.717) is 0 Å². The fraction of sp³-hybridized carbons (Fsp3) is 0.455. The standard InChI is InChI=1S/C11H16INO2/c1-7(13)6-8-9(12)4-5-10(14-2)11(8)15-3/h4-5,7H,6,13H2,1-3H3/t7-/m0/s1. The molecule has 1 rings (SSSR count). The van der Waals surface area contributed by atoms with E-state index >= 15 is 0 Å². The van der Waals surface area contributed by atoms with Gasteiger partial charge in [-0.3, -0.25) is 0 Å². The molecule has 0 saturated heterocycles. The highest BCUT2D eigenvalue weighted by Crippen LogP contribution is 2.34. The first-order valence-electron chi connectivity index (χ1n) is 4.75. The van der Waals surface area contributed by atoms with E-state index in [1.54, 1.807) is 14.2 Å². The Morgan fingerprint density at radius 1 is 1.33 bits per heavy atom. The molecule has 1 aromatic carbocycles. The van der Waals surface area contributed by atoms with Crippen molar-refractivity contribution in [2.24, 2.45) is 5.73 Å². The average molecular weight is 321 g/mol. The van der Waals surface area contributed by atoms with Crippen LogP contribution < -0.4 is 15.2 Å². The first-order valence-corrected chi connectivity index (χ1v) is 5.83. The summed E-state index contributed by atoms with van der Waals surface area (Å²) in [6, 6.07) is 4.03. The molecule has 0 spiro atoms. The number of nitrogens with two attached hydrogens (primary N) is 1. The van der Waals surface area contributed by atoms with Gasteiger partial charge in [-0.15, -0.1) is 0 Å². The van der Waals surface area contributed by atoms with E-state index in [4.69, 9.17) is 15.2 Å². The fourth-order valence-electron chi connectivity index (χ4n) is 1.48. The lowest BCUT2D eigenvalue weighted by Crippen LogP contribution is -2.19. The number of rotatable bonds is 4. The SMILES string of the molecule is COc1ccc(I)c(C[C@H](C)N)c1OC. The molecule has 0 amide bonds. The van der Waals surface area contributed by atoms with Gasteiger partial charge in [-0.05, 0) is 48.1 Å². The molecule has 0 aliphatic heterocycles. The number of ether oxygens (including phenoxy) is 2. The summed E-state index contributed by atoms with van der Waals surface area (Å²) in [6.07, 6.45) is 0.790. The van der Waals surface area contributed by atoms with Crippen LogP contribution in [0.4, 0.5) is 0 Å². The third-order valence-corrected chi connectivity index (χ3v) is 3.13. The van der Waals surface area contributed by atoms with E-state index in [2.05, 4.69) is 22.6 Å². The van der Waals surface area contributed by atoms with Crippen molar-refractivity contribution in [3.05, 3.63) is 21.3 Å². The number of hydrogen-bond acceptors (Lipinski definition) is 3. The minimum atomic E-state index is 0.111. The van der Waals surface area contributed by atoms with Gasteiger partial charge in [0.05, 0.1) is 14.2 Å². The molecule has 0 aliphatic carbocycles. The normalized spacial score (nSPS) is 12.3. The molecule has 3 nitrogen and oxygen atoms in total. The highest BCUT2D eigenvalue weighted by atomic mass is 127. The van der Waals surface area contributed by atoms with Crippen LogP contribution >= 0.6 is 22.6 Å². The summed E-state index contributed by atoms with van der Waals surface area (Å²) in [5, 5.41) is 0. The van der Waals surface area contributed by atoms with Crippen molar-refractivity contribution in [3.8, 4) is 11.5 Å². The van der Waals surface area contributed by atoms with Gasteiger partial charge >= 0.3 is 0 Å². The Morgan fingerprint density at radius 3 is 2.47 bits per heavy atom. The van der Waals surface area contributed by atoms with E-state index in [9.17, 15) is 0 Å². The summed E-state index contributed by atoms with van der Waals surface area (Å²) in [6.45, 7) is 1.98. The maximum Gasteiger partial charge on any atom is 0.165 e. The molecule has 0 unspecified atom stereocenters. The zero-order valence-electron chi connectivity index (χ0n) is 9.21. The van der Waals surface area contributed by atoms with Crippen molar-refractivity contribution in [1.82, 2.24) is 0 Å². The van der Waals surface area contributed by atoms with Crippen LogP contribution in [0.2, 0.25) is 0 Å². The lowest BCUT2D eigenvalue weighted by molar-refractivity contribution is 0.350. The monoisotopic (exact) mass is 321 g/mol. The van der Waals surface area contributed by atoms with E-state index < -0.39 is 0 Å². The van der Waals surface area contributed by atoms with Gasteiger partial charge in [0.15, 0.2) is 11.5 Å². The van der Waals surface area contributed by atoms with Crippen molar-refractivity contribution in [1.29, 1.82) is 0 Å². The van der Waals surface area contributed by atoms with Crippen molar-refractivity contribution in [2.75, 3.05) is 14.2 Å². The van der Waals surface area contributed by atoms with Gasteiger partial charge in [-0.2, -0.15) is 0 Å². The molecule has 0 heterocycles. The van der Waals surface area contributed by atoms with Crippen molar-refractivity contribution >= 4 is 22.6 Å². The summed E-state index contributed by atoms with van der Waals surface area (Å²) < 4.78 is 11.8. The van der Waals surface area contributed by atoms with Crippen LogP contribution in [-0.4, -0.2) is 20.3 Å². The summed E-state index contributed by atoms with van der Waals surface area (Å²) in [5.74, 6) is 1.55. The van der Waals surface area contributed by atoms with Gasteiger partial charge in [-0.25, -0.2) is 0 Å². The second-order valence-corrected chi connectivity index (χ2v) is 4.61. The molecule has 4 heteroatoms. The van der Waals surface area contributed by atoms with Crippen molar-refractivity contribution in [3.63, 3.8) is 0 Å². The van der Waals surface area contributed by atoms with Crippen LogP contribution in [0, 0.1) is 3.57 Å². The zero-order chi connectivity index (χ0) is 11.4. The number of hydrogen-bond donors (Lipinski definition) is 1. The van der Waals surface area contributed by atoms with Crippen LogP contribution in [0.1, 0.15) is 12.5 Å². The van der Waals surface area contributed by atoms with E-state index in [1.165, 1.54) is 0 Å². The Bertz CT molecular complexity index is 340. The van der Waals surface area contributed by atoms with Crippen LogP contribution in [0.5, 0.6) is 11.5 Å². The van der Waals surface area contributed by atoms with E-state index in [-0.39, 0.29) is 6.04 Å². The lowest BCUT2D eigenvalue weighted by atomic mass is 10.1. The third-order valence-electron chi connectivity index (χ3n) is 2.12. The summed E-state index contributed by atoms with van der Waals surface area (Å²) in [5.41, 5.74) is 6.93. The lowest BCUT2D eigenvalue weighted by Gasteiger charge is -2.15. The van der Waals surface area contributed by atoms with Gasteiger partial charge in [-0.1, -0.05) is 0 Å². The topological polar surface area (TPSA) is 44.5 Å². The molecule has 2 N–H and O–H groups in total. The quantitative estimate of drug-likeness (QED) is 0.865.